The largest absolute Gasteiger partial charge is 0.463 e. The fourth-order valence-electron chi connectivity index (χ4n) is 3.39. The summed E-state index contributed by atoms with van der Waals surface area (Å²) in [6, 6.07) is 7.04. The van der Waals surface area contributed by atoms with Gasteiger partial charge in [0.05, 0.1) is 30.3 Å². The monoisotopic (exact) mass is 447 g/mol. The standard InChI is InChI=1S/C22H26ClN3O3S/c1-5-13(3)24-18(27)11-17-12-30-22-25-14(4)19(21(28)29-6-2)20(26(17)22)15-7-9-16(23)10-8-15/h7-10,12-13,20H,5-6,11H2,1-4H3,(H,24,27)/t13-,20+/m0/s1. The molecule has 0 aliphatic carbocycles. The van der Waals surface area contributed by atoms with Gasteiger partial charge in [-0.2, -0.15) is 0 Å². The molecule has 3 rings (SSSR count). The van der Waals surface area contributed by atoms with Crippen LogP contribution >= 0.6 is 23.4 Å². The van der Waals surface area contributed by atoms with Crippen molar-refractivity contribution in [3.05, 3.63) is 57.2 Å². The predicted octanol–water partition coefficient (Wildman–Crippen LogP) is 4.78. The van der Waals surface area contributed by atoms with Gasteiger partial charge in [-0.05, 0) is 50.3 Å². The number of rotatable bonds is 7. The Morgan fingerprint density at radius 2 is 2.00 bits per heavy atom. The molecule has 0 bridgehead atoms. The van der Waals surface area contributed by atoms with Crippen molar-refractivity contribution in [1.29, 1.82) is 0 Å². The van der Waals surface area contributed by atoms with Gasteiger partial charge in [0, 0.05) is 16.8 Å². The molecular weight excluding hydrogens is 422 g/mol. The summed E-state index contributed by atoms with van der Waals surface area (Å²) in [6.45, 7) is 7.87. The Kier molecular flexibility index (Phi) is 7.26. The van der Waals surface area contributed by atoms with Crippen LogP contribution in [0.15, 0.2) is 51.6 Å². The average molecular weight is 448 g/mol. The van der Waals surface area contributed by atoms with E-state index >= 15 is 0 Å². The number of esters is 1. The number of carbonyl (C=O) groups is 2. The number of ether oxygens (including phenoxy) is 1. The van der Waals surface area contributed by atoms with Crippen molar-refractivity contribution in [1.82, 2.24) is 10.2 Å². The molecule has 8 heteroatoms. The molecule has 2 heterocycles. The number of benzene rings is 1. The number of hydrogen-bond donors (Lipinski definition) is 1. The summed E-state index contributed by atoms with van der Waals surface area (Å²) in [4.78, 5) is 32.0. The molecule has 0 aromatic heterocycles. The second-order valence-corrected chi connectivity index (χ2v) is 8.49. The Morgan fingerprint density at radius 1 is 1.30 bits per heavy atom. The highest BCUT2D eigenvalue weighted by Crippen LogP contribution is 2.44. The smallest absolute Gasteiger partial charge is 0.338 e. The first kappa shape index (κ1) is 22.4. The van der Waals surface area contributed by atoms with E-state index in [9.17, 15) is 9.59 Å². The van der Waals surface area contributed by atoms with Crippen LogP contribution in [0.3, 0.4) is 0 Å². The third-order valence-corrected chi connectivity index (χ3v) is 6.18. The van der Waals surface area contributed by atoms with Crippen molar-refractivity contribution >= 4 is 40.4 Å². The number of allylic oxidation sites excluding steroid dienone is 1. The zero-order valence-electron chi connectivity index (χ0n) is 17.6. The van der Waals surface area contributed by atoms with Gasteiger partial charge in [0.1, 0.15) is 0 Å². The van der Waals surface area contributed by atoms with Gasteiger partial charge in [-0.1, -0.05) is 42.4 Å². The molecule has 30 heavy (non-hydrogen) atoms. The van der Waals surface area contributed by atoms with E-state index in [0.717, 1.165) is 22.8 Å². The van der Waals surface area contributed by atoms with Crippen LogP contribution in [0.4, 0.5) is 0 Å². The lowest BCUT2D eigenvalue weighted by atomic mass is 9.94. The minimum atomic E-state index is -0.438. The van der Waals surface area contributed by atoms with Crippen LogP contribution in [-0.4, -0.2) is 34.6 Å². The lowest BCUT2D eigenvalue weighted by molar-refractivity contribution is -0.139. The fraction of sp³-hybridized carbons (Fsp3) is 0.409. The summed E-state index contributed by atoms with van der Waals surface area (Å²) in [5, 5.41) is 6.29. The molecule has 0 saturated heterocycles. The van der Waals surface area contributed by atoms with E-state index < -0.39 is 12.0 Å². The van der Waals surface area contributed by atoms with Crippen LogP contribution in [0.5, 0.6) is 0 Å². The minimum absolute atomic E-state index is 0.0590. The van der Waals surface area contributed by atoms with Gasteiger partial charge in [-0.25, -0.2) is 9.79 Å². The Morgan fingerprint density at radius 3 is 2.63 bits per heavy atom. The second kappa shape index (κ2) is 9.71. The summed E-state index contributed by atoms with van der Waals surface area (Å²) < 4.78 is 5.33. The van der Waals surface area contributed by atoms with Crippen LogP contribution in [0.1, 0.15) is 52.1 Å². The van der Waals surface area contributed by atoms with Gasteiger partial charge < -0.3 is 15.0 Å². The Bertz CT molecular complexity index is 924. The molecule has 0 fully saturated rings. The normalized spacial score (nSPS) is 19.1. The first-order valence-corrected chi connectivity index (χ1v) is 11.3. The van der Waals surface area contributed by atoms with E-state index in [2.05, 4.69) is 10.3 Å². The van der Waals surface area contributed by atoms with E-state index in [1.54, 1.807) is 19.1 Å². The number of thioether (sulfide) groups is 1. The van der Waals surface area contributed by atoms with Gasteiger partial charge in [-0.3, -0.25) is 4.79 Å². The summed E-state index contributed by atoms with van der Waals surface area (Å²) in [5.74, 6) is -0.464. The van der Waals surface area contributed by atoms with Gasteiger partial charge in [0.2, 0.25) is 5.91 Å². The van der Waals surface area contributed by atoms with Crippen molar-refractivity contribution in [2.75, 3.05) is 6.61 Å². The molecule has 1 amide bonds. The van der Waals surface area contributed by atoms with E-state index in [1.807, 2.05) is 43.2 Å². The number of carbonyl (C=O) groups excluding carboxylic acids is 2. The molecule has 1 aromatic carbocycles. The molecular formula is C22H26ClN3O3S. The Hall–Kier alpha value is -2.25. The highest BCUT2D eigenvalue weighted by Gasteiger charge is 2.41. The summed E-state index contributed by atoms with van der Waals surface area (Å²) in [7, 11) is 0. The molecule has 1 N–H and O–H groups in total. The summed E-state index contributed by atoms with van der Waals surface area (Å²) in [5.41, 5.74) is 2.77. The lowest BCUT2D eigenvalue weighted by Gasteiger charge is -2.36. The number of halogens is 1. The van der Waals surface area contributed by atoms with Crippen LogP contribution < -0.4 is 5.32 Å². The number of fused-ring (bicyclic) bond motifs is 1. The zero-order valence-corrected chi connectivity index (χ0v) is 19.1. The van der Waals surface area contributed by atoms with Gasteiger partial charge >= 0.3 is 5.97 Å². The first-order chi connectivity index (χ1) is 14.3. The number of aliphatic imine (C=N–C) groups is 1. The quantitative estimate of drug-likeness (QED) is 0.609. The van der Waals surface area contributed by atoms with Gasteiger partial charge in [0.25, 0.3) is 0 Å². The van der Waals surface area contributed by atoms with Crippen LogP contribution in [0, 0.1) is 0 Å². The molecule has 2 atom stereocenters. The Balaban J connectivity index is 1.99. The second-order valence-electron chi connectivity index (χ2n) is 7.22. The number of nitrogens with zero attached hydrogens (tertiary/aromatic N) is 2. The highest BCUT2D eigenvalue weighted by molar-refractivity contribution is 8.16. The number of amidine groups is 1. The maximum absolute atomic E-state index is 12.9. The molecule has 0 saturated carbocycles. The third-order valence-electron chi connectivity index (χ3n) is 5.04. The van der Waals surface area contributed by atoms with E-state index in [1.165, 1.54) is 11.8 Å². The molecule has 0 spiro atoms. The Labute approximate surface area is 186 Å². The molecule has 6 nitrogen and oxygen atoms in total. The van der Waals surface area contributed by atoms with E-state index in [4.69, 9.17) is 16.3 Å². The minimum Gasteiger partial charge on any atom is -0.463 e. The van der Waals surface area contributed by atoms with Crippen LogP contribution in [0.2, 0.25) is 5.02 Å². The molecule has 1 aromatic rings. The number of nitrogens with one attached hydrogen (secondary N) is 1. The van der Waals surface area contributed by atoms with Crippen molar-refractivity contribution in [3.63, 3.8) is 0 Å². The number of hydrogen-bond acceptors (Lipinski definition) is 6. The third kappa shape index (κ3) is 4.73. The summed E-state index contributed by atoms with van der Waals surface area (Å²) >= 11 is 7.54. The maximum Gasteiger partial charge on any atom is 0.338 e. The predicted molar refractivity (Wildman–Crippen MR) is 121 cm³/mol. The molecule has 160 valence electrons. The van der Waals surface area contributed by atoms with Crippen molar-refractivity contribution < 1.29 is 14.3 Å². The number of amides is 1. The van der Waals surface area contributed by atoms with E-state index in [-0.39, 0.29) is 25.0 Å². The van der Waals surface area contributed by atoms with Crippen molar-refractivity contribution in [3.8, 4) is 0 Å². The van der Waals surface area contributed by atoms with Crippen LogP contribution in [-0.2, 0) is 14.3 Å². The molecule has 2 aliphatic heterocycles. The topological polar surface area (TPSA) is 71.0 Å². The van der Waals surface area contributed by atoms with E-state index in [0.29, 0.717) is 16.3 Å². The average Bonchev–Trinajstić information content (AvgIpc) is 3.09. The SMILES string of the molecule is CCOC(=O)C1=C(C)N=C2SC=C(CC(=O)N[C@@H](C)CC)N2[C@@H]1c1ccc(Cl)cc1. The fourth-order valence-corrected chi connectivity index (χ4v) is 4.48. The van der Waals surface area contributed by atoms with Crippen LogP contribution in [0.25, 0.3) is 0 Å². The highest BCUT2D eigenvalue weighted by atomic mass is 35.5. The lowest BCUT2D eigenvalue weighted by Crippen LogP contribution is -2.39. The maximum atomic E-state index is 12.9. The first-order valence-electron chi connectivity index (χ1n) is 10.0. The summed E-state index contributed by atoms with van der Waals surface area (Å²) in [6.07, 6.45) is 1.06. The molecule has 0 radical (unpaired) electrons. The van der Waals surface area contributed by atoms with Crippen molar-refractivity contribution in [2.45, 2.75) is 52.6 Å². The van der Waals surface area contributed by atoms with Gasteiger partial charge in [0.15, 0.2) is 5.17 Å². The molecule has 2 aliphatic rings. The zero-order chi connectivity index (χ0) is 21.8. The molecule has 0 unspecified atom stereocenters. The van der Waals surface area contributed by atoms with Gasteiger partial charge in [-0.15, -0.1) is 0 Å². The van der Waals surface area contributed by atoms with Crippen molar-refractivity contribution in [2.24, 2.45) is 4.99 Å².